The largest absolute Gasteiger partial charge is 0.493 e. The molecule has 0 saturated carbocycles. The van der Waals surface area contributed by atoms with E-state index in [4.69, 9.17) is 14.2 Å². The summed E-state index contributed by atoms with van der Waals surface area (Å²) in [7, 11) is 3.15. The van der Waals surface area contributed by atoms with Crippen molar-refractivity contribution in [2.45, 2.75) is 11.1 Å². The molecule has 0 unspecified atom stereocenters. The first kappa shape index (κ1) is 20.0. The molecular weight excluding hydrogens is 365 g/mol. The summed E-state index contributed by atoms with van der Waals surface area (Å²) >= 11 is 1.55. The minimum Gasteiger partial charge on any atom is -0.493 e. The number of hydrogen-bond acceptors (Lipinski definition) is 4. The molecule has 26 heavy (non-hydrogen) atoms. The van der Waals surface area contributed by atoms with Crippen molar-refractivity contribution < 1.29 is 27.4 Å². The third-order valence-corrected chi connectivity index (χ3v) is 4.56. The number of hydrogen-bond donors (Lipinski definition) is 0. The summed E-state index contributed by atoms with van der Waals surface area (Å²) in [6.45, 7) is 4.16. The van der Waals surface area contributed by atoms with Crippen LogP contribution in [0.2, 0.25) is 0 Å². The molecular formula is C19H19F3O3S. The fourth-order valence-electron chi connectivity index (χ4n) is 2.06. The van der Waals surface area contributed by atoms with Gasteiger partial charge in [0.25, 0.3) is 0 Å². The minimum absolute atomic E-state index is 0.228. The van der Waals surface area contributed by atoms with Crippen molar-refractivity contribution >= 4 is 11.8 Å². The molecule has 0 fully saturated rings. The molecule has 7 heteroatoms. The third-order valence-electron chi connectivity index (χ3n) is 3.42. The summed E-state index contributed by atoms with van der Waals surface area (Å²) in [6.07, 6.45) is -4.35. The predicted octanol–water partition coefficient (Wildman–Crippen LogP) is 5.45. The van der Waals surface area contributed by atoms with E-state index in [-0.39, 0.29) is 6.61 Å². The van der Waals surface area contributed by atoms with E-state index in [0.29, 0.717) is 23.0 Å². The van der Waals surface area contributed by atoms with Gasteiger partial charge in [-0.15, -0.1) is 11.8 Å². The van der Waals surface area contributed by atoms with Crippen molar-refractivity contribution in [1.29, 1.82) is 0 Å². The maximum atomic E-state index is 12.5. The summed E-state index contributed by atoms with van der Waals surface area (Å²) in [5, 5.41) is 0. The zero-order valence-corrected chi connectivity index (χ0v) is 15.2. The lowest BCUT2D eigenvalue weighted by Gasteiger charge is -2.12. The van der Waals surface area contributed by atoms with Gasteiger partial charge in [-0.2, -0.15) is 13.2 Å². The Hall–Kier alpha value is -2.28. The Morgan fingerprint density at radius 3 is 2.23 bits per heavy atom. The van der Waals surface area contributed by atoms with Crippen LogP contribution >= 0.6 is 11.8 Å². The van der Waals surface area contributed by atoms with Crippen LogP contribution in [-0.2, 0) is 6.18 Å². The predicted molar refractivity (Wildman–Crippen MR) is 96.3 cm³/mol. The average molecular weight is 384 g/mol. The standard InChI is InChI=1S/C19H19F3O3S/c1-13(11-25-15-6-4-14(5-7-15)19(20,21)22)12-26-16-8-9-17(23-2)18(10-16)24-3/h4-10H,1,11-12H2,2-3H3. The number of halogens is 3. The Balaban J connectivity index is 1.84. The van der Waals surface area contributed by atoms with Crippen LogP contribution in [0.3, 0.4) is 0 Å². The van der Waals surface area contributed by atoms with E-state index < -0.39 is 11.7 Å². The fourth-order valence-corrected chi connectivity index (χ4v) is 2.87. The second kappa shape index (κ2) is 8.89. The van der Waals surface area contributed by atoms with E-state index in [9.17, 15) is 13.2 Å². The van der Waals surface area contributed by atoms with Crippen molar-refractivity contribution in [3.05, 3.63) is 60.2 Å². The first-order valence-electron chi connectivity index (χ1n) is 7.65. The van der Waals surface area contributed by atoms with Crippen molar-refractivity contribution in [2.75, 3.05) is 26.6 Å². The van der Waals surface area contributed by atoms with Gasteiger partial charge >= 0.3 is 6.18 Å². The van der Waals surface area contributed by atoms with Gasteiger partial charge in [0, 0.05) is 10.6 Å². The van der Waals surface area contributed by atoms with Crippen molar-refractivity contribution in [3.63, 3.8) is 0 Å². The number of thioether (sulfide) groups is 1. The lowest BCUT2D eigenvalue weighted by molar-refractivity contribution is -0.137. The van der Waals surface area contributed by atoms with Gasteiger partial charge in [0.2, 0.25) is 0 Å². The van der Waals surface area contributed by atoms with Crippen LogP contribution in [0.25, 0.3) is 0 Å². The molecule has 2 rings (SSSR count). The molecule has 0 atom stereocenters. The first-order chi connectivity index (χ1) is 12.3. The zero-order valence-electron chi connectivity index (χ0n) is 14.4. The molecule has 0 heterocycles. The van der Waals surface area contributed by atoms with Gasteiger partial charge in [0.05, 0.1) is 19.8 Å². The van der Waals surface area contributed by atoms with Crippen molar-refractivity contribution in [2.24, 2.45) is 0 Å². The molecule has 2 aromatic rings. The van der Waals surface area contributed by atoms with Gasteiger partial charge in [-0.1, -0.05) is 6.58 Å². The molecule has 3 nitrogen and oxygen atoms in total. The number of ether oxygens (including phenoxy) is 3. The monoisotopic (exact) mass is 384 g/mol. The minimum atomic E-state index is -4.35. The SMILES string of the molecule is C=C(COc1ccc(C(F)(F)F)cc1)CSc1ccc(OC)c(OC)c1. The normalized spacial score (nSPS) is 11.1. The summed E-state index contributed by atoms with van der Waals surface area (Å²) < 4.78 is 53.5. The highest BCUT2D eigenvalue weighted by Gasteiger charge is 2.29. The fraction of sp³-hybridized carbons (Fsp3) is 0.263. The third kappa shape index (κ3) is 5.62. The van der Waals surface area contributed by atoms with Gasteiger partial charge in [0.1, 0.15) is 12.4 Å². The highest BCUT2D eigenvalue weighted by atomic mass is 32.2. The van der Waals surface area contributed by atoms with E-state index in [1.807, 2.05) is 18.2 Å². The Morgan fingerprint density at radius 1 is 1.00 bits per heavy atom. The van der Waals surface area contributed by atoms with Crippen LogP contribution in [-0.4, -0.2) is 26.6 Å². The number of benzene rings is 2. The molecule has 140 valence electrons. The summed E-state index contributed by atoms with van der Waals surface area (Å²) in [6, 6.07) is 10.2. The second-order valence-corrected chi connectivity index (χ2v) is 6.42. The van der Waals surface area contributed by atoms with Crippen LogP contribution in [0, 0.1) is 0 Å². The van der Waals surface area contributed by atoms with E-state index in [1.54, 1.807) is 26.0 Å². The average Bonchev–Trinajstić information content (AvgIpc) is 2.64. The van der Waals surface area contributed by atoms with Gasteiger partial charge < -0.3 is 14.2 Å². The maximum absolute atomic E-state index is 12.5. The molecule has 0 bridgehead atoms. The van der Waals surface area contributed by atoms with Gasteiger partial charge in [-0.25, -0.2) is 0 Å². The Kier molecular flexibility index (Phi) is 6.85. The maximum Gasteiger partial charge on any atom is 0.416 e. The van der Waals surface area contributed by atoms with Crippen LogP contribution < -0.4 is 14.2 Å². The molecule has 0 saturated heterocycles. The topological polar surface area (TPSA) is 27.7 Å². The number of alkyl halides is 3. The van der Waals surface area contributed by atoms with E-state index in [0.717, 1.165) is 22.6 Å². The van der Waals surface area contributed by atoms with E-state index in [2.05, 4.69) is 6.58 Å². The summed E-state index contributed by atoms with van der Waals surface area (Å²) in [5.74, 6) is 2.27. The first-order valence-corrected chi connectivity index (χ1v) is 8.63. The van der Waals surface area contributed by atoms with Gasteiger partial charge in [0.15, 0.2) is 11.5 Å². The number of methoxy groups -OCH3 is 2. The molecule has 0 amide bonds. The Bertz CT molecular complexity index is 743. The molecule has 2 aromatic carbocycles. The number of rotatable bonds is 8. The highest BCUT2D eigenvalue weighted by Crippen LogP contribution is 2.33. The summed E-state index contributed by atoms with van der Waals surface area (Å²) in [5.41, 5.74) is 0.109. The summed E-state index contributed by atoms with van der Waals surface area (Å²) in [4.78, 5) is 0.985. The van der Waals surface area contributed by atoms with E-state index >= 15 is 0 Å². The Labute approximate surface area is 154 Å². The molecule has 0 aliphatic rings. The molecule has 0 aromatic heterocycles. The Morgan fingerprint density at radius 2 is 1.65 bits per heavy atom. The molecule has 0 aliphatic carbocycles. The molecule has 0 spiro atoms. The smallest absolute Gasteiger partial charge is 0.416 e. The molecule has 0 radical (unpaired) electrons. The van der Waals surface area contributed by atoms with Crippen molar-refractivity contribution in [1.82, 2.24) is 0 Å². The van der Waals surface area contributed by atoms with Crippen LogP contribution in [0.4, 0.5) is 13.2 Å². The van der Waals surface area contributed by atoms with Crippen molar-refractivity contribution in [3.8, 4) is 17.2 Å². The van der Waals surface area contributed by atoms with Crippen LogP contribution in [0.1, 0.15) is 5.56 Å². The van der Waals surface area contributed by atoms with E-state index in [1.165, 1.54) is 12.1 Å². The molecule has 0 aliphatic heterocycles. The zero-order chi connectivity index (χ0) is 19.2. The van der Waals surface area contributed by atoms with Crippen LogP contribution in [0.5, 0.6) is 17.2 Å². The molecule has 0 N–H and O–H groups in total. The quantitative estimate of drug-likeness (QED) is 0.447. The lowest BCUT2D eigenvalue weighted by atomic mass is 10.2. The van der Waals surface area contributed by atoms with Gasteiger partial charge in [-0.3, -0.25) is 0 Å². The lowest BCUT2D eigenvalue weighted by Crippen LogP contribution is -2.05. The highest BCUT2D eigenvalue weighted by molar-refractivity contribution is 7.99. The van der Waals surface area contributed by atoms with Gasteiger partial charge in [-0.05, 0) is 48.0 Å². The van der Waals surface area contributed by atoms with Crippen LogP contribution in [0.15, 0.2) is 59.5 Å². The second-order valence-electron chi connectivity index (χ2n) is 5.37.